The molecule has 14 heavy (non-hydrogen) atoms. The molecule has 0 radical (unpaired) electrons. The molecular weight excluding hydrogens is 188 g/mol. The van der Waals surface area contributed by atoms with Crippen LogP contribution in [0.4, 0.5) is 4.79 Å². The molecular formula is C8H12N2O4. The third-order valence-electron chi connectivity index (χ3n) is 1.82. The molecule has 0 spiro atoms. The lowest BCUT2D eigenvalue weighted by Crippen LogP contribution is -2.37. The molecule has 1 atom stereocenters. The third-order valence-corrected chi connectivity index (χ3v) is 1.82. The molecule has 0 saturated carbocycles. The summed E-state index contributed by atoms with van der Waals surface area (Å²) < 4.78 is 0. The van der Waals surface area contributed by atoms with E-state index < -0.39 is 23.8 Å². The number of hydroxylamine groups is 2. The Morgan fingerprint density at radius 1 is 1.64 bits per heavy atom. The van der Waals surface area contributed by atoms with Gasteiger partial charge in [-0.05, 0) is 6.92 Å². The van der Waals surface area contributed by atoms with E-state index in [1.165, 1.54) is 0 Å². The van der Waals surface area contributed by atoms with Gasteiger partial charge in [0.25, 0.3) is 11.8 Å². The first kappa shape index (κ1) is 10.5. The molecule has 0 aromatic rings. The van der Waals surface area contributed by atoms with E-state index in [0.29, 0.717) is 11.6 Å². The van der Waals surface area contributed by atoms with Crippen LogP contribution in [0.2, 0.25) is 0 Å². The third kappa shape index (κ3) is 2.01. The molecule has 0 bridgehead atoms. The fraction of sp³-hybridized carbons (Fsp3) is 0.625. The summed E-state index contributed by atoms with van der Waals surface area (Å²) in [5.74, 6) is -1.35. The first-order valence-corrected chi connectivity index (χ1v) is 4.38. The van der Waals surface area contributed by atoms with Crippen molar-refractivity contribution in [3.05, 3.63) is 0 Å². The lowest BCUT2D eigenvalue weighted by Gasteiger charge is -2.12. The summed E-state index contributed by atoms with van der Waals surface area (Å²) in [6, 6.07) is 0. The Morgan fingerprint density at radius 2 is 2.29 bits per heavy atom. The van der Waals surface area contributed by atoms with Gasteiger partial charge in [-0.25, -0.2) is 4.79 Å². The molecule has 6 heteroatoms. The van der Waals surface area contributed by atoms with E-state index in [2.05, 4.69) is 10.2 Å². The number of hydrogen-bond donors (Lipinski definition) is 1. The van der Waals surface area contributed by atoms with E-state index in [1.807, 2.05) is 0 Å². The van der Waals surface area contributed by atoms with Crippen molar-refractivity contribution in [3.8, 4) is 0 Å². The first-order valence-electron chi connectivity index (χ1n) is 4.38. The molecule has 3 amide bonds. The molecule has 1 aliphatic rings. The number of amides is 3. The number of carbonyl (C=O) groups excluding carboxylic acids is 3. The van der Waals surface area contributed by atoms with E-state index in [9.17, 15) is 14.4 Å². The van der Waals surface area contributed by atoms with Crippen LogP contribution in [0, 0.1) is 5.92 Å². The van der Waals surface area contributed by atoms with Crippen LogP contribution in [0.3, 0.4) is 0 Å². The van der Waals surface area contributed by atoms with E-state index in [-0.39, 0.29) is 6.42 Å². The van der Waals surface area contributed by atoms with Crippen LogP contribution in [-0.4, -0.2) is 29.5 Å². The van der Waals surface area contributed by atoms with Crippen LogP contribution in [0.5, 0.6) is 0 Å². The highest BCUT2D eigenvalue weighted by atomic mass is 16.7. The fourth-order valence-corrected chi connectivity index (χ4v) is 1.11. The Morgan fingerprint density at radius 3 is 2.71 bits per heavy atom. The minimum absolute atomic E-state index is 0.0955. The highest BCUT2D eigenvalue weighted by molar-refractivity contribution is 6.02. The normalized spacial score (nSPS) is 21.3. The maximum Gasteiger partial charge on any atom is 0.432 e. The Bertz CT molecular complexity index is 277. The van der Waals surface area contributed by atoms with E-state index in [0.717, 1.165) is 0 Å². The molecule has 78 valence electrons. The van der Waals surface area contributed by atoms with Gasteiger partial charge in [-0.3, -0.25) is 9.59 Å². The van der Waals surface area contributed by atoms with Gasteiger partial charge in [-0.1, -0.05) is 6.92 Å². The van der Waals surface area contributed by atoms with Gasteiger partial charge in [0.1, 0.15) is 0 Å². The highest BCUT2D eigenvalue weighted by Gasteiger charge is 2.38. The van der Waals surface area contributed by atoms with Gasteiger partial charge in [0.05, 0.1) is 0 Å². The molecule has 1 unspecified atom stereocenters. The van der Waals surface area contributed by atoms with E-state index in [1.54, 1.807) is 13.8 Å². The van der Waals surface area contributed by atoms with Gasteiger partial charge in [-0.2, -0.15) is 0 Å². The van der Waals surface area contributed by atoms with E-state index in [4.69, 9.17) is 0 Å². The lowest BCUT2D eigenvalue weighted by molar-refractivity contribution is -0.172. The number of imide groups is 1. The molecule has 0 aromatic carbocycles. The summed E-state index contributed by atoms with van der Waals surface area (Å²) in [6.07, 6.45) is -0.693. The van der Waals surface area contributed by atoms with Gasteiger partial charge in [0.2, 0.25) is 0 Å². The van der Waals surface area contributed by atoms with Crippen molar-refractivity contribution < 1.29 is 19.2 Å². The highest BCUT2D eigenvalue weighted by Crippen LogP contribution is 2.18. The van der Waals surface area contributed by atoms with Crippen molar-refractivity contribution in [2.24, 2.45) is 5.92 Å². The largest absolute Gasteiger partial charge is 0.432 e. The second-order valence-corrected chi connectivity index (χ2v) is 3.04. The number of nitrogens with zero attached hydrogens (tertiary/aromatic N) is 1. The quantitative estimate of drug-likeness (QED) is 0.638. The summed E-state index contributed by atoms with van der Waals surface area (Å²) in [7, 11) is 0. The monoisotopic (exact) mass is 200 g/mol. The Balaban J connectivity index is 2.56. The molecule has 1 saturated heterocycles. The smallest absolute Gasteiger partial charge is 0.320 e. The second kappa shape index (κ2) is 4.08. The summed E-state index contributed by atoms with van der Waals surface area (Å²) >= 11 is 0. The maximum absolute atomic E-state index is 11.3. The zero-order chi connectivity index (χ0) is 10.7. The number of hydrogen-bond acceptors (Lipinski definition) is 4. The van der Waals surface area contributed by atoms with Gasteiger partial charge in [0, 0.05) is 18.9 Å². The summed E-state index contributed by atoms with van der Waals surface area (Å²) in [5.41, 5.74) is 0. The van der Waals surface area contributed by atoms with Gasteiger partial charge < -0.3 is 10.2 Å². The van der Waals surface area contributed by atoms with Crippen LogP contribution >= 0.6 is 0 Å². The van der Waals surface area contributed by atoms with E-state index >= 15 is 0 Å². The molecule has 1 fully saturated rings. The Kier molecular flexibility index (Phi) is 3.06. The van der Waals surface area contributed by atoms with Crippen LogP contribution in [0.15, 0.2) is 0 Å². The lowest BCUT2D eigenvalue weighted by atomic mass is 10.1. The van der Waals surface area contributed by atoms with Crippen molar-refractivity contribution in [2.45, 2.75) is 20.3 Å². The van der Waals surface area contributed by atoms with Crippen molar-refractivity contribution in [1.29, 1.82) is 0 Å². The van der Waals surface area contributed by atoms with Crippen molar-refractivity contribution in [1.82, 2.24) is 10.4 Å². The summed E-state index contributed by atoms with van der Waals surface area (Å²) in [4.78, 5) is 37.8. The number of carbonyl (C=O) groups is 3. The van der Waals surface area contributed by atoms with Gasteiger partial charge in [-0.15, -0.1) is 5.06 Å². The topological polar surface area (TPSA) is 75.7 Å². The molecule has 1 heterocycles. The standard InChI is InChI=1S/C8H12N2O4/c1-3-9-8(13)14-10-6(11)4-5(2)7(10)12/h5H,3-4H2,1-2H3,(H,9,13). The minimum atomic E-state index is -0.789. The molecule has 0 aliphatic carbocycles. The van der Waals surface area contributed by atoms with Crippen molar-refractivity contribution >= 4 is 17.9 Å². The average Bonchev–Trinajstić information content (AvgIpc) is 2.33. The predicted octanol–water partition coefficient (Wildman–Crippen LogP) is 0.0425. The fourth-order valence-electron chi connectivity index (χ4n) is 1.11. The predicted molar refractivity (Wildman–Crippen MR) is 45.8 cm³/mol. The zero-order valence-corrected chi connectivity index (χ0v) is 8.07. The van der Waals surface area contributed by atoms with Crippen LogP contribution in [0.25, 0.3) is 0 Å². The Hall–Kier alpha value is -1.59. The molecule has 1 rings (SSSR count). The van der Waals surface area contributed by atoms with Crippen LogP contribution < -0.4 is 5.32 Å². The maximum atomic E-state index is 11.3. The zero-order valence-electron chi connectivity index (χ0n) is 8.07. The SMILES string of the molecule is CCNC(=O)ON1C(=O)CC(C)C1=O. The van der Waals surface area contributed by atoms with Crippen molar-refractivity contribution in [2.75, 3.05) is 6.54 Å². The second-order valence-electron chi connectivity index (χ2n) is 3.04. The molecule has 1 N–H and O–H groups in total. The molecule has 6 nitrogen and oxygen atoms in total. The van der Waals surface area contributed by atoms with Crippen LogP contribution in [0.1, 0.15) is 20.3 Å². The Labute approximate surface area is 81.1 Å². The summed E-state index contributed by atoms with van der Waals surface area (Å²) in [5, 5.41) is 2.84. The van der Waals surface area contributed by atoms with Gasteiger partial charge in [0.15, 0.2) is 0 Å². The van der Waals surface area contributed by atoms with Gasteiger partial charge >= 0.3 is 6.09 Å². The average molecular weight is 200 g/mol. The molecule has 0 aromatic heterocycles. The minimum Gasteiger partial charge on any atom is -0.320 e. The summed E-state index contributed by atoms with van der Waals surface area (Å²) in [6.45, 7) is 3.70. The first-order chi connectivity index (χ1) is 6.56. The number of rotatable bonds is 2. The van der Waals surface area contributed by atoms with Crippen LogP contribution in [-0.2, 0) is 14.4 Å². The molecule has 1 aliphatic heterocycles. The number of nitrogens with one attached hydrogen (secondary N) is 1. The van der Waals surface area contributed by atoms with Crippen molar-refractivity contribution in [3.63, 3.8) is 0 Å².